The molecule has 0 bridgehead atoms. The Morgan fingerprint density at radius 2 is 1.88 bits per heavy atom. The molecule has 14 heteroatoms. The van der Waals surface area contributed by atoms with Crippen molar-refractivity contribution < 1.29 is 42.1 Å². The van der Waals surface area contributed by atoms with Crippen molar-refractivity contribution in [2.75, 3.05) is 13.2 Å². The smallest absolute Gasteiger partial charge is 0.475 e. The molecule has 1 atom stereocenters. The number of benzene rings is 1. The van der Waals surface area contributed by atoms with E-state index in [0.29, 0.717) is 11.3 Å². The van der Waals surface area contributed by atoms with Crippen LogP contribution in [0.15, 0.2) is 41.3 Å². The number of carboxylic acid groups (broad SMARTS) is 1. The van der Waals surface area contributed by atoms with Gasteiger partial charge in [0.25, 0.3) is 5.56 Å². The van der Waals surface area contributed by atoms with Crippen LogP contribution in [0, 0.1) is 5.82 Å². The van der Waals surface area contributed by atoms with E-state index in [9.17, 15) is 32.3 Å². The first-order chi connectivity index (χ1) is 16.0. The zero-order valence-corrected chi connectivity index (χ0v) is 17.6. The number of esters is 1. The molecule has 34 heavy (non-hydrogen) atoms. The van der Waals surface area contributed by atoms with E-state index in [-0.39, 0.29) is 42.3 Å². The lowest BCUT2D eigenvalue weighted by Crippen LogP contribution is -2.26. The van der Waals surface area contributed by atoms with Crippen molar-refractivity contribution in [2.45, 2.75) is 25.7 Å². The Kier molecular flexibility index (Phi) is 8.86. The second kappa shape index (κ2) is 11.4. The van der Waals surface area contributed by atoms with Gasteiger partial charge >= 0.3 is 18.1 Å². The van der Waals surface area contributed by atoms with Crippen molar-refractivity contribution in [3.05, 3.63) is 69.5 Å². The fourth-order valence-corrected chi connectivity index (χ4v) is 2.69. The molecule has 0 radical (unpaired) electrons. The molecule has 0 fully saturated rings. The lowest BCUT2D eigenvalue weighted by atomic mass is 10.1. The number of hydrogen-bond acceptors (Lipinski definition) is 7. The molecule has 1 aromatic carbocycles. The molecular formula is C20H20F4N4O6. The Balaban J connectivity index is 0.000000509. The number of nitrogens with zero attached hydrogens (tertiary/aromatic N) is 2. The van der Waals surface area contributed by atoms with Crippen LogP contribution < -0.4 is 10.9 Å². The Labute approximate surface area is 188 Å². The summed E-state index contributed by atoms with van der Waals surface area (Å²) in [7, 11) is 0. The number of nitrogens with one attached hydrogen (secondary N) is 2. The molecule has 1 unspecified atom stereocenters. The number of rotatable bonds is 7. The average molecular weight is 488 g/mol. The van der Waals surface area contributed by atoms with E-state index in [1.807, 2.05) is 0 Å². The highest BCUT2D eigenvalue weighted by Gasteiger charge is 2.38. The Bertz CT molecular complexity index is 1190. The largest absolute Gasteiger partial charge is 0.490 e. The monoisotopic (exact) mass is 488 g/mol. The summed E-state index contributed by atoms with van der Waals surface area (Å²) in [5, 5.41) is 22.5. The number of aliphatic hydroxyl groups is 1. The van der Waals surface area contributed by atoms with E-state index in [2.05, 4.69) is 15.4 Å². The average Bonchev–Trinajstić information content (AvgIpc) is 3.20. The molecule has 2 heterocycles. The summed E-state index contributed by atoms with van der Waals surface area (Å²) in [6, 6.07) is 6.62. The van der Waals surface area contributed by atoms with Gasteiger partial charge in [0.2, 0.25) is 0 Å². The number of halogens is 4. The van der Waals surface area contributed by atoms with Crippen LogP contribution in [0.5, 0.6) is 0 Å². The van der Waals surface area contributed by atoms with E-state index in [1.54, 1.807) is 19.1 Å². The van der Waals surface area contributed by atoms with Gasteiger partial charge in [-0.05, 0) is 24.6 Å². The number of aliphatic carboxylic acids is 1. The molecule has 0 spiro atoms. The summed E-state index contributed by atoms with van der Waals surface area (Å²) >= 11 is 0. The normalized spacial score (nSPS) is 12.1. The number of hydrogen-bond donors (Lipinski definition) is 4. The third kappa shape index (κ3) is 6.86. The summed E-state index contributed by atoms with van der Waals surface area (Å²) in [5.41, 5.74) is 1.04. The van der Waals surface area contributed by atoms with Crippen LogP contribution in [-0.4, -0.2) is 56.1 Å². The SMILES string of the molecule is CCOC(=O)c1c[nH]n2c(=O)cc(CNC(CO)c3ccc(F)cc3)nc12.O=C(O)C(F)(F)F. The predicted molar refractivity (Wildman–Crippen MR) is 109 cm³/mol. The number of ether oxygens (including phenoxy) is 1. The third-order valence-electron chi connectivity index (χ3n) is 4.27. The molecule has 0 aliphatic rings. The molecule has 0 saturated carbocycles. The first-order valence-corrected chi connectivity index (χ1v) is 9.64. The second-order valence-corrected chi connectivity index (χ2v) is 6.62. The van der Waals surface area contributed by atoms with E-state index in [1.165, 1.54) is 24.4 Å². The van der Waals surface area contributed by atoms with Gasteiger partial charge < -0.3 is 20.3 Å². The molecule has 0 aliphatic carbocycles. The van der Waals surface area contributed by atoms with Crippen LogP contribution in [0.2, 0.25) is 0 Å². The number of alkyl halides is 3. The van der Waals surface area contributed by atoms with E-state index in [0.717, 1.165) is 4.52 Å². The number of aromatic nitrogens is 3. The lowest BCUT2D eigenvalue weighted by molar-refractivity contribution is -0.192. The maximum absolute atomic E-state index is 13.1. The van der Waals surface area contributed by atoms with Crippen LogP contribution in [0.4, 0.5) is 17.6 Å². The molecule has 0 amide bonds. The zero-order valence-electron chi connectivity index (χ0n) is 17.6. The number of H-pyrrole nitrogens is 1. The second-order valence-electron chi connectivity index (χ2n) is 6.62. The third-order valence-corrected chi connectivity index (χ3v) is 4.27. The number of carbonyl (C=O) groups is 2. The van der Waals surface area contributed by atoms with Crippen molar-refractivity contribution in [1.82, 2.24) is 19.9 Å². The predicted octanol–water partition coefficient (Wildman–Crippen LogP) is 1.79. The quantitative estimate of drug-likeness (QED) is 0.291. The minimum atomic E-state index is -5.08. The maximum Gasteiger partial charge on any atom is 0.490 e. The fraction of sp³-hybridized carbons (Fsp3) is 0.300. The first-order valence-electron chi connectivity index (χ1n) is 9.64. The standard InChI is InChI=1S/C18H19FN4O4.C2HF3O2/c1-2-27-18(26)14-9-21-23-16(25)7-13(22-17(14)23)8-20-15(10-24)11-3-5-12(19)6-4-11;3-2(4,5)1(6)7/h3-7,9,15,20-21,24H,2,8,10H2,1H3;(H,6,7). The molecule has 4 N–H and O–H groups in total. The van der Waals surface area contributed by atoms with Crippen LogP contribution in [0.25, 0.3) is 5.65 Å². The van der Waals surface area contributed by atoms with Gasteiger partial charge in [0.1, 0.15) is 11.4 Å². The van der Waals surface area contributed by atoms with E-state index < -0.39 is 24.2 Å². The van der Waals surface area contributed by atoms with Gasteiger partial charge in [-0.1, -0.05) is 12.1 Å². The summed E-state index contributed by atoms with van der Waals surface area (Å²) in [5.74, 6) is -3.70. The number of carboxylic acids is 1. The first kappa shape index (κ1) is 26.5. The molecule has 2 aromatic heterocycles. The van der Waals surface area contributed by atoms with Crippen molar-refractivity contribution in [2.24, 2.45) is 0 Å². The Morgan fingerprint density at radius 1 is 1.26 bits per heavy atom. The van der Waals surface area contributed by atoms with Crippen molar-refractivity contribution >= 4 is 17.6 Å². The van der Waals surface area contributed by atoms with Gasteiger partial charge in [-0.2, -0.15) is 13.2 Å². The van der Waals surface area contributed by atoms with Crippen LogP contribution in [0.1, 0.15) is 34.6 Å². The topological polar surface area (TPSA) is 146 Å². The molecule has 3 aromatic rings. The van der Waals surface area contributed by atoms with Crippen molar-refractivity contribution in [3.63, 3.8) is 0 Å². The Morgan fingerprint density at radius 3 is 2.41 bits per heavy atom. The molecular weight excluding hydrogens is 468 g/mol. The van der Waals surface area contributed by atoms with Gasteiger partial charge in [0, 0.05) is 18.8 Å². The summed E-state index contributed by atoms with van der Waals surface area (Å²) in [6.45, 7) is 1.84. The number of aliphatic hydroxyl groups excluding tert-OH is 1. The van der Waals surface area contributed by atoms with E-state index >= 15 is 0 Å². The highest BCUT2D eigenvalue weighted by molar-refractivity contribution is 5.95. The zero-order chi connectivity index (χ0) is 25.5. The summed E-state index contributed by atoms with van der Waals surface area (Å²) < 4.78 is 50.9. The van der Waals surface area contributed by atoms with Gasteiger partial charge in [-0.25, -0.2) is 23.5 Å². The minimum absolute atomic E-state index is 0.160. The fourth-order valence-electron chi connectivity index (χ4n) is 2.69. The highest BCUT2D eigenvalue weighted by Crippen LogP contribution is 2.15. The molecule has 0 aliphatic heterocycles. The van der Waals surface area contributed by atoms with Gasteiger partial charge in [0.15, 0.2) is 5.65 Å². The molecule has 10 nitrogen and oxygen atoms in total. The molecule has 184 valence electrons. The van der Waals surface area contributed by atoms with Gasteiger partial charge in [-0.15, -0.1) is 0 Å². The number of carbonyl (C=O) groups excluding carboxylic acids is 1. The lowest BCUT2D eigenvalue weighted by Gasteiger charge is -2.16. The van der Waals surface area contributed by atoms with Gasteiger partial charge in [-0.3, -0.25) is 9.89 Å². The number of fused-ring (bicyclic) bond motifs is 1. The number of aromatic amines is 1. The Hall–Kier alpha value is -3.78. The summed E-state index contributed by atoms with van der Waals surface area (Å²) in [4.78, 5) is 37.5. The summed E-state index contributed by atoms with van der Waals surface area (Å²) in [6.07, 6.45) is -3.71. The maximum atomic E-state index is 13.1. The highest BCUT2D eigenvalue weighted by atomic mass is 19.4. The molecule has 3 rings (SSSR count). The van der Waals surface area contributed by atoms with Crippen molar-refractivity contribution in [1.29, 1.82) is 0 Å². The van der Waals surface area contributed by atoms with Crippen LogP contribution >= 0.6 is 0 Å². The molecule has 0 saturated heterocycles. The van der Waals surface area contributed by atoms with Crippen LogP contribution in [0.3, 0.4) is 0 Å². The minimum Gasteiger partial charge on any atom is -0.475 e. The van der Waals surface area contributed by atoms with Gasteiger partial charge in [0.05, 0.1) is 24.9 Å². The van der Waals surface area contributed by atoms with Crippen LogP contribution in [-0.2, 0) is 16.1 Å². The van der Waals surface area contributed by atoms with E-state index in [4.69, 9.17) is 14.6 Å². The van der Waals surface area contributed by atoms with Crippen molar-refractivity contribution in [3.8, 4) is 0 Å².